The molecule has 0 amide bonds. The Labute approximate surface area is 139 Å². The van der Waals surface area contributed by atoms with Crippen LogP contribution in [-0.2, 0) is 6.42 Å². The lowest BCUT2D eigenvalue weighted by Gasteiger charge is -2.40. The van der Waals surface area contributed by atoms with E-state index < -0.39 is 0 Å². The fraction of sp³-hybridized carbons (Fsp3) is 0.667. The standard InChI is InChI=1S/C18H27Cl2N/c1-2-3-4-14-7-9-18(13-21,10-8-14)12-15-11-16(19)5-6-17(15)20/h5-6,11,14H,2-4,7-10,12-13,21H2,1H3. The molecule has 118 valence electrons. The van der Waals surface area contributed by atoms with Gasteiger partial charge in [-0.25, -0.2) is 0 Å². The maximum absolute atomic E-state index is 6.33. The van der Waals surface area contributed by atoms with Crippen LogP contribution in [0.1, 0.15) is 57.4 Å². The van der Waals surface area contributed by atoms with Crippen LogP contribution >= 0.6 is 23.2 Å². The Kier molecular flexibility index (Phi) is 6.40. The molecule has 2 rings (SSSR count). The molecule has 1 aliphatic rings. The van der Waals surface area contributed by atoms with E-state index >= 15 is 0 Å². The molecular formula is C18H27Cl2N. The molecule has 2 N–H and O–H groups in total. The van der Waals surface area contributed by atoms with Gasteiger partial charge in [0, 0.05) is 10.0 Å². The molecule has 1 aromatic rings. The highest BCUT2D eigenvalue weighted by atomic mass is 35.5. The zero-order valence-electron chi connectivity index (χ0n) is 13.0. The van der Waals surface area contributed by atoms with Gasteiger partial charge in [0.05, 0.1) is 0 Å². The topological polar surface area (TPSA) is 26.0 Å². The van der Waals surface area contributed by atoms with Crippen molar-refractivity contribution >= 4 is 23.2 Å². The van der Waals surface area contributed by atoms with E-state index in [1.807, 2.05) is 18.2 Å². The summed E-state index contributed by atoms with van der Waals surface area (Å²) in [4.78, 5) is 0. The summed E-state index contributed by atoms with van der Waals surface area (Å²) in [7, 11) is 0. The van der Waals surface area contributed by atoms with E-state index in [1.165, 1.54) is 44.9 Å². The van der Waals surface area contributed by atoms with Gasteiger partial charge in [0.15, 0.2) is 0 Å². The van der Waals surface area contributed by atoms with E-state index in [0.29, 0.717) is 0 Å². The molecule has 0 unspecified atom stereocenters. The molecule has 0 heterocycles. The predicted molar refractivity (Wildman–Crippen MR) is 93.1 cm³/mol. The molecule has 1 fully saturated rings. The maximum atomic E-state index is 6.33. The van der Waals surface area contributed by atoms with E-state index in [1.54, 1.807) is 0 Å². The average molecular weight is 328 g/mol. The zero-order chi connectivity index (χ0) is 15.3. The van der Waals surface area contributed by atoms with Gasteiger partial charge in [-0.2, -0.15) is 0 Å². The number of halogens is 2. The molecule has 1 aliphatic carbocycles. The highest BCUT2D eigenvalue weighted by Crippen LogP contribution is 2.43. The van der Waals surface area contributed by atoms with Crippen molar-refractivity contribution in [1.29, 1.82) is 0 Å². The number of hydrogen-bond donors (Lipinski definition) is 1. The molecule has 1 nitrogen and oxygen atoms in total. The van der Waals surface area contributed by atoms with Crippen molar-refractivity contribution < 1.29 is 0 Å². The monoisotopic (exact) mass is 327 g/mol. The SMILES string of the molecule is CCCCC1CCC(CN)(Cc2cc(Cl)ccc2Cl)CC1. The summed E-state index contributed by atoms with van der Waals surface area (Å²) >= 11 is 12.4. The number of benzene rings is 1. The molecule has 21 heavy (non-hydrogen) atoms. The van der Waals surface area contributed by atoms with Gasteiger partial charge >= 0.3 is 0 Å². The molecule has 0 aromatic heterocycles. The lowest BCUT2D eigenvalue weighted by atomic mass is 9.66. The number of rotatable bonds is 6. The van der Waals surface area contributed by atoms with Crippen LogP contribution in [-0.4, -0.2) is 6.54 Å². The second-order valence-electron chi connectivity index (χ2n) is 6.70. The largest absolute Gasteiger partial charge is 0.330 e. The van der Waals surface area contributed by atoms with Crippen LogP contribution in [0.4, 0.5) is 0 Å². The fourth-order valence-electron chi connectivity index (χ4n) is 3.61. The third-order valence-electron chi connectivity index (χ3n) is 5.14. The first-order valence-electron chi connectivity index (χ1n) is 8.22. The second kappa shape index (κ2) is 7.85. The first-order valence-corrected chi connectivity index (χ1v) is 8.98. The summed E-state index contributed by atoms with van der Waals surface area (Å²) in [6, 6.07) is 5.75. The highest BCUT2D eigenvalue weighted by Gasteiger charge is 2.34. The van der Waals surface area contributed by atoms with Crippen molar-refractivity contribution in [2.45, 2.75) is 58.3 Å². The molecule has 0 spiro atoms. The van der Waals surface area contributed by atoms with Gasteiger partial charge < -0.3 is 5.73 Å². The van der Waals surface area contributed by atoms with Crippen LogP contribution in [0.2, 0.25) is 10.0 Å². The molecule has 0 atom stereocenters. The summed E-state index contributed by atoms with van der Waals surface area (Å²) in [6.45, 7) is 3.02. The lowest BCUT2D eigenvalue weighted by molar-refractivity contribution is 0.150. The van der Waals surface area contributed by atoms with Crippen LogP contribution in [0.15, 0.2) is 18.2 Å². The number of nitrogens with two attached hydrogens (primary N) is 1. The van der Waals surface area contributed by atoms with Crippen LogP contribution in [0.3, 0.4) is 0 Å². The Morgan fingerprint density at radius 2 is 1.95 bits per heavy atom. The molecular weight excluding hydrogens is 301 g/mol. The van der Waals surface area contributed by atoms with Crippen LogP contribution in [0, 0.1) is 11.3 Å². The van der Waals surface area contributed by atoms with Gasteiger partial charge in [0.25, 0.3) is 0 Å². The Morgan fingerprint density at radius 1 is 1.24 bits per heavy atom. The molecule has 1 aromatic carbocycles. The summed E-state index contributed by atoms with van der Waals surface area (Å²) in [5.41, 5.74) is 7.52. The van der Waals surface area contributed by atoms with Crippen molar-refractivity contribution in [3.05, 3.63) is 33.8 Å². The second-order valence-corrected chi connectivity index (χ2v) is 7.55. The average Bonchev–Trinajstić information content (AvgIpc) is 2.50. The van der Waals surface area contributed by atoms with Crippen molar-refractivity contribution in [1.82, 2.24) is 0 Å². The predicted octanol–water partition coefficient (Wildman–Crippen LogP) is 5.86. The first kappa shape index (κ1) is 17.1. The maximum Gasteiger partial charge on any atom is 0.0439 e. The smallest absolute Gasteiger partial charge is 0.0439 e. The van der Waals surface area contributed by atoms with Gasteiger partial charge in [-0.3, -0.25) is 0 Å². The first-order chi connectivity index (χ1) is 10.1. The molecule has 0 bridgehead atoms. The number of unbranched alkanes of at least 4 members (excludes halogenated alkanes) is 1. The molecule has 0 saturated heterocycles. The zero-order valence-corrected chi connectivity index (χ0v) is 14.5. The Balaban J connectivity index is 2.01. The van der Waals surface area contributed by atoms with Crippen LogP contribution < -0.4 is 5.73 Å². The van der Waals surface area contributed by atoms with Crippen molar-refractivity contribution in [3.63, 3.8) is 0 Å². The molecule has 3 heteroatoms. The Hall–Kier alpha value is -0.240. The fourth-order valence-corrected chi connectivity index (χ4v) is 3.99. The van der Waals surface area contributed by atoms with E-state index in [0.717, 1.165) is 34.5 Å². The number of hydrogen-bond acceptors (Lipinski definition) is 1. The highest BCUT2D eigenvalue weighted by molar-refractivity contribution is 6.33. The van der Waals surface area contributed by atoms with E-state index in [-0.39, 0.29) is 5.41 Å². The molecule has 0 aliphatic heterocycles. The summed E-state index contributed by atoms with van der Waals surface area (Å²) < 4.78 is 0. The van der Waals surface area contributed by atoms with Crippen LogP contribution in [0.25, 0.3) is 0 Å². The molecule has 0 radical (unpaired) electrons. The normalized spacial score (nSPS) is 26.0. The summed E-state index contributed by atoms with van der Waals surface area (Å²) in [5, 5.41) is 1.58. The third-order valence-corrected chi connectivity index (χ3v) is 5.74. The van der Waals surface area contributed by atoms with Gasteiger partial charge in [-0.1, -0.05) is 49.4 Å². The third kappa shape index (κ3) is 4.61. The van der Waals surface area contributed by atoms with Gasteiger partial charge in [0.1, 0.15) is 0 Å². The van der Waals surface area contributed by atoms with E-state index in [4.69, 9.17) is 28.9 Å². The van der Waals surface area contributed by atoms with Gasteiger partial charge in [-0.15, -0.1) is 0 Å². The van der Waals surface area contributed by atoms with Crippen LogP contribution in [0.5, 0.6) is 0 Å². The lowest BCUT2D eigenvalue weighted by Crippen LogP contribution is -2.37. The van der Waals surface area contributed by atoms with E-state index in [9.17, 15) is 0 Å². The minimum absolute atomic E-state index is 0.219. The molecule has 1 saturated carbocycles. The summed E-state index contributed by atoms with van der Waals surface area (Å²) in [5.74, 6) is 0.902. The van der Waals surface area contributed by atoms with Gasteiger partial charge in [0.2, 0.25) is 0 Å². The van der Waals surface area contributed by atoms with E-state index in [2.05, 4.69) is 6.92 Å². The van der Waals surface area contributed by atoms with Crippen molar-refractivity contribution in [2.24, 2.45) is 17.1 Å². The van der Waals surface area contributed by atoms with Crippen molar-refractivity contribution in [3.8, 4) is 0 Å². The summed E-state index contributed by atoms with van der Waals surface area (Å²) in [6.07, 6.45) is 10.1. The van der Waals surface area contributed by atoms with Crippen molar-refractivity contribution in [2.75, 3.05) is 6.54 Å². The quantitative estimate of drug-likeness (QED) is 0.695. The Bertz CT molecular complexity index is 451. The minimum atomic E-state index is 0.219. The van der Waals surface area contributed by atoms with Gasteiger partial charge in [-0.05, 0) is 73.7 Å². The minimum Gasteiger partial charge on any atom is -0.330 e. The Morgan fingerprint density at radius 3 is 2.57 bits per heavy atom.